The van der Waals surface area contributed by atoms with Crippen LogP contribution in [-0.2, 0) is 4.79 Å². The number of piperazine rings is 1. The van der Waals surface area contributed by atoms with Crippen molar-refractivity contribution in [1.82, 2.24) is 14.7 Å². The van der Waals surface area contributed by atoms with E-state index < -0.39 is 0 Å². The van der Waals surface area contributed by atoms with Crippen LogP contribution >= 0.6 is 11.6 Å². The Morgan fingerprint density at radius 3 is 2.30 bits per heavy atom. The summed E-state index contributed by atoms with van der Waals surface area (Å²) in [5, 5.41) is 0.632. The Labute approximate surface area is 167 Å². The minimum absolute atomic E-state index is 0.0343. The van der Waals surface area contributed by atoms with E-state index in [9.17, 15) is 9.59 Å². The molecular weight excluding hydrogens is 362 g/mol. The van der Waals surface area contributed by atoms with Crippen molar-refractivity contribution in [1.29, 1.82) is 0 Å². The van der Waals surface area contributed by atoms with Crippen molar-refractivity contribution in [2.24, 2.45) is 5.92 Å². The highest BCUT2D eigenvalue weighted by Crippen LogP contribution is 2.24. The van der Waals surface area contributed by atoms with Gasteiger partial charge in [0.05, 0.1) is 6.54 Å². The Balaban J connectivity index is 1.42. The second kappa shape index (κ2) is 9.56. The molecular formula is C21H30ClN3O2. The number of halogens is 1. The average molecular weight is 392 g/mol. The molecule has 0 unspecified atom stereocenters. The van der Waals surface area contributed by atoms with Crippen LogP contribution in [0.3, 0.4) is 0 Å². The summed E-state index contributed by atoms with van der Waals surface area (Å²) in [5.41, 5.74) is 0.663. The lowest BCUT2D eigenvalue weighted by Gasteiger charge is -2.35. The minimum Gasteiger partial charge on any atom is -0.344 e. The van der Waals surface area contributed by atoms with Gasteiger partial charge in [-0.05, 0) is 43.0 Å². The maximum Gasteiger partial charge on any atom is 0.253 e. The standard InChI is InChI=1S/C21H30ClN3O2/c1-23(15-17-5-3-2-4-6-17)20(26)16-24-11-13-25(14-12-24)21(27)18-7-9-19(22)10-8-18/h7-10,17H,2-6,11-16H2,1H3. The summed E-state index contributed by atoms with van der Waals surface area (Å²) >= 11 is 5.89. The fourth-order valence-corrected chi connectivity index (χ4v) is 4.18. The van der Waals surface area contributed by atoms with E-state index >= 15 is 0 Å². The predicted molar refractivity (Wildman–Crippen MR) is 108 cm³/mol. The zero-order chi connectivity index (χ0) is 19.2. The first-order valence-corrected chi connectivity index (χ1v) is 10.4. The molecule has 1 saturated carbocycles. The highest BCUT2D eigenvalue weighted by molar-refractivity contribution is 6.30. The van der Waals surface area contributed by atoms with Crippen LogP contribution in [-0.4, -0.2) is 72.8 Å². The zero-order valence-corrected chi connectivity index (χ0v) is 17.0. The number of hydrogen-bond donors (Lipinski definition) is 0. The predicted octanol–water partition coefficient (Wildman–Crippen LogP) is 3.14. The van der Waals surface area contributed by atoms with Crippen LogP contribution in [0.25, 0.3) is 0 Å². The lowest BCUT2D eigenvalue weighted by atomic mass is 9.89. The van der Waals surface area contributed by atoms with Crippen molar-refractivity contribution in [2.45, 2.75) is 32.1 Å². The van der Waals surface area contributed by atoms with E-state index in [1.54, 1.807) is 24.3 Å². The minimum atomic E-state index is 0.0343. The number of benzene rings is 1. The summed E-state index contributed by atoms with van der Waals surface area (Å²) in [6, 6.07) is 7.01. The number of rotatable bonds is 5. The molecule has 0 bridgehead atoms. The SMILES string of the molecule is CN(CC1CCCCC1)C(=O)CN1CCN(C(=O)c2ccc(Cl)cc2)CC1. The Morgan fingerprint density at radius 1 is 1.04 bits per heavy atom. The normalized spacial score (nSPS) is 19.1. The quantitative estimate of drug-likeness (QED) is 0.774. The van der Waals surface area contributed by atoms with Gasteiger partial charge in [-0.1, -0.05) is 30.9 Å². The third-order valence-electron chi connectivity index (χ3n) is 5.79. The lowest BCUT2D eigenvalue weighted by Crippen LogP contribution is -2.51. The highest BCUT2D eigenvalue weighted by atomic mass is 35.5. The van der Waals surface area contributed by atoms with Crippen molar-refractivity contribution in [3.63, 3.8) is 0 Å². The monoisotopic (exact) mass is 391 g/mol. The molecule has 0 radical (unpaired) electrons. The molecule has 6 heteroatoms. The molecule has 2 aliphatic rings. The van der Waals surface area contributed by atoms with Gasteiger partial charge >= 0.3 is 0 Å². The summed E-state index contributed by atoms with van der Waals surface area (Å²) in [5.74, 6) is 0.895. The summed E-state index contributed by atoms with van der Waals surface area (Å²) in [4.78, 5) is 31.0. The lowest BCUT2D eigenvalue weighted by molar-refractivity contribution is -0.132. The largest absolute Gasteiger partial charge is 0.344 e. The maximum absolute atomic E-state index is 12.6. The molecule has 1 aliphatic carbocycles. The third-order valence-corrected chi connectivity index (χ3v) is 6.04. The van der Waals surface area contributed by atoms with Gasteiger partial charge in [-0.3, -0.25) is 14.5 Å². The first kappa shape index (κ1) is 20.2. The molecule has 0 aromatic heterocycles. The second-order valence-electron chi connectivity index (χ2n) is 7.85. The van der Waals surface area contributed by atoms with Gasteiger partial charge in [-0.25, -0.2) is 0 Å². The number of likely N-dealkylation sites (N-methyl/N-ethyl adjacent to an activating group) is 1. The van der Waals surface area contributed by atoms with E-state index in [1.807, 2.05) is 16.8 Å². The van der Waals surface area contributed by atoms with E-state index in [4.69, 9.17) is 11.6 Å². The molecule has 27 heavy (non-hydrogen) atoms. The molecule has 0 atom stereocenters. The number of carbonyl (C=O) groups excluding carboxylic acids is 2. The van der Waals surface area contributed by atoms with E-state index in [0.29, 0.717) is 36.1 Å². The van der Waals surface area contributed by atoms with Crippen LogP contribution in [0, 0.1) is 5.92 Å². The van der Waals surface area contributed by atoms with Gasteiger partial charge in [0.1, 0.15) is 0 Å². The molecule has 2 amide bonds. The average Bonchev–Trinajstić information content (AvgIpc) is 2.69. The van der Waals surface area contributed by atoms with E-state index in [-0.39, 0.29) is 11.8 Å². The Bertz CT molecular complexity index is 635. The van der Waals surface area contributed by atoms with Gasteiger partial charge in [-0.2, -0.15) is 0 Å². The summed E-state index contributed by atoms with van der Waals surface area (Å²) in [7, 11) is 1.93. The van der Waals surface area contributed by atoms with Crippen molar-refractivity contribution in [2.75, 3.05) is 46.3 Å². The number of hydrogen-bond acceptors (Lipinski definition) is 3. The first-order chi connectivity index (χ1) is 13.0. The topological polar surface area (TPSA) is 43.9 Å². The Kier molecular flexibility index (Phi) is 7.13. The fraction of sp³-hybridized carbons (Fsp3) is 0.619. The fourth-order valence-electron chi connectivity index (χ4n) is 4.05. The van der Waals surface area contributed by atoms with Crippen molar-refractivity contribution in [3.05, 3.63) is 34.9 Å². The number of amides is 2. The van der Waals surface area contributed by atoms with Crippen molar-refractivity contribution < 1.29 is 9.59 Å². The summed E-state index contributed by atoms with van der Waals surface area (Å²) in [6.45, 7) is 4.12. The van der Waals surface area contributed by atoms with Gasteiger partial charge in [0.25, 0.3) is 5.91 Å². The van der Waals surface area contributed by atoms with Crippen LogP contribution < -0.4 is 0 Å². The van der Waals surface area contributed by atoms with Crippen LogP contribution in [0.5, 0.6) is 0 Å². The molecule has 1 saturated heterocycles. The van der Waals surface area contributed by atoms with Gasteiger partial charge < -0.3 is 9.80 Å². The van der Waals surface area contributed by atoms with Crippen LogP contribution in [0.1, 0.15) is 42.5 Å². The molecule has 5 nitrogen and oxygen atoms in total. The summed E-state index contributed by atoms with van der Waals surface area (Å²) in [6.07, 6.45) is 6.45. The van der Waals surface area contributed by atoms with Crippen LogP contribution in [0.15, 0.2) is 24.3 Å². The Hall–Kier alpha value is -1.59. The third kappa shape index (κ3) is 5.69. The van der Waals surface area contributed by atoms with Crippen LogP contribution in [0.4, 0.5) is 0 Å². The van der Waals surface area contributed by atoms with Gasteiger partial charge in [0, 0.05) is 50.4 Å². The van der Waals surface area contributed by atoms with Crippen molar-refractivity contribution in [3.8, 4) is 0 Å². The van der Waals surface area contributed by atoms with Crippen molar-refractivity contribution >= 4 is 23.4 Å². The molecule has 1 aromatic rings. The summed E-state index contributed by atoms with van der Waals surface area (Å²) < 4.78 is 0. The number of nitrogens with zero attached hydrogens (tertiary/aromatic N) is 3. The molecule has 0 spiro atoms. The van der Waals surface area contributed by atoms with Gasteiger partial charge in [0.15, 0.2) is 0 Å². The van der Waals surface area contributed by atoms with Gasteiger partial charge in [0.2, 0.25) is 5.91 Å². The smallest absolute Gasteiger partial charge is 0.253 e. The molecule has 1 heterocycles. The van der Waals surface area contributed by atoms with E-state index in [2.05, 4.69) is 4.90 Å². The molecule has 2 fully saturated rings. The van der Waals surface area contributed by atoms with Crippen LogP contribution in [0.2, 0.25) is 5.02 Å². The molecule has 3 rings (SSSR count). The molecule has 1 aromatic carbocycles. The van der Waals surface area contributed by atoms with E-state index in [1.165, 1.54) is 32.1 Å². The molecule has 1 aliphatic heterocycles. The number of carbonyl (C=O) groups is 2. The maximum atomic E-state index is 12.6. The Morgan fingerprint density at radius 2 is 1.67 bits per heavy atom. The van der Waals surface area contributed by atoms with Gasteiger partial charge in [-0.15, -0.1) is 0 Å². The highest BCUT2D eigenvalue weighted by Gasteiger charge is 2.25. The second-order valence-corrected chi connectivity index (χ2v) is 8.29. The zero-order valence-electron chi connectivity index (χ0n) is 16.2. The molecule has 0 N–H and O–H groups in total. The van der Waals surface area contributed by atoms with E-state index in [0.717, 1.165) is 19.6 Å². The molecule has 148 valence electrons. The first-order valence-electron chi connectivity index (χ1n) is 10.0.